The van der Waals surface area contributed by atoms with Crippen LogP contribution in [0.25, 0.3) is 0 Å². The van der Waals surface area contributed by atoms with Crippen LogP contribution in [0.15, 0.2) is 54.6 Å². The molecule has 2 aromatic carbocycles. The van der Waals surface area contributed by atoms with Crippen LogP contribution in [0.2, 0.25) is 0 Å². The van der Waals surface area contributed by atoms with Crippen molar-refractivity contribution in [3.05, 3.63) is 54.6 Å². The van der Waals surface area contributed by atoms with Crippen LogP contribution >= 0.6 is 11.0 Å². The van der Waals surface area contributed by atoms with Crippen LogP contribution in [0.3, 0.4) is 0 Å². The molecule has 1 saturated heterocycles. The second-order valence-electron chi connectivity index (χ2n) is 9.41. The average molecular weight is 460 g/mol. The Balaban J connectivity index is 1.41. The Morgan fingerprint density at radius 2 is 1.59 bits per heavy atom. The molecule has 0 aromatic heterocycles. The van der Waals surface area contributed by atoms with E-state index in [1.807, 2.05) is 75.4 Å². The van der Waals surface area contributed by atoms with Crippen molar-refractivity contribution in [1.29, 1.82) is 0 Å². The number of piperidine rings is 1. The van der Waals surface area contributed by atoms with E-state index in [0.717, 1.165) is 36.3 Å². The predicted octanol–water partition coefficient (Wildman–Crippen LogP) is 6.26. The van der Waals surface area contributed by atoms with Crippen molar-refractivity contribution < 1.29 is 18.6 Å². The topological polar surface area (TPSA) is 76.5 Å². The van der Waals surface area contributed by atoms with E-state index in [0.29, 0.717) is 25.6 Å². The molecule has 0 bridgehead atoms. The Hall–Kier alpha value is -2.42. The minimum atomic E-state index is -3.20. The lowest BCUT2D eigenvalue weighted by atomic mass is 9.93. The van der Waals surface area contributed by atoms with Crippen molar-refractivity contribution in [2.24, 2.45) is 5.92 Å². The summed E-state index contributed by atoms with van der Waals surface area (Å²) in [5.41, 5.74) is 1.91. The van der Waals surface area contributed by atoms with Crippen molar-refractivity contribution in [1.82, 2.24) is 4.90 Å². The molecule has 174 valence electrons. The first-order valence-corrected chi connectivity index (χ1v) is 12.6. The summed E-state index contributed by atoms with van der Waals surface area (Å²) in [6.07, 6.45) is 2.35. The zero-order chi connectivity index (χ0) is 22.9. The highest BCUT2D eigenvalue weighted by Gasteiger charge is 2.41. The standard InChI is InChI=1S/C24H33N3O4S/c1-24(2,3)31-23(28)25-16-13-19(14-17-25)15-18-26-21-11-7-8-12-22(21)27(32(26,29)30)20-9-5-4-6-10-20/h4-12,19,29-30H,13-18H2,1-3H3. The van der Waals surface area contributed by atoms with Gasteiger partial charge >= 0.3 is 6.09 Å². The van der Waals surface area contributed by atoms with Crippen molar-refractivity contribution in [3.8, 4) is 0 Å². The summed E-state index contributed by atoms with van der Waals surface area (Å²) in [6, 6.07) is 17.2. The number of carbonyl (C=O) groups excluding carboxylic acids is 1. The monoisotopic (exact) mass is 459 g/mol. The van der Waals surface area contributed by atoms with Crippen LogP contribution in [-0.4, -0.2) is 45.3 Å². The SMILES string of the molecule is CC(C)(C)OC(=O)N1CCC(CCN2c3ccccc3N(c3ccccc3)S2(O)O)CC1. The minimum absolute atomic E-state index is 0.253. The fourth-order valence-electron chi connectivity index (χ4n) is 4.33. The number of rotatable bonds is 4. The van der Waals surface area contributed by atoms with Crippen molar-refractivity contribution in [2.45, 2.75) is 45.6 Å². The third-order valence-corrected chi connectivity index (χ3v) is 7.78. The van der Waals surface area contributed by atoms with Crippen LogP contribution in [-0.2, 0) is 4.74 Å². The molecule has 7 nitrogen and oxygen atoms in total. The Kier molecular flexibility index (Phi) is 6.29. The van der Waals surface area contributed by atoms with Gasteiger partial charge in [0.15, 0.2) is 0 Å². The molecule has 0 saturated carbocycles. The molecule has 0 spiro atoms. The van der Waals surface area contributed by atoms with Gasteiger partial charge in [-0.25, -0.2) is 9.10 Å². The second kappa shape index (κ2) is 8.84. The molecule has 0 aliphatic carbocycles. The molecule has 32 heavy (non-hydrogen) atoms. The zero-order valence-electron chi connectivity index (χ0n) is 19.0. The smallest absolute Gasteiger partial charge is 0.410 e. The normalized spacial score (nSPS) is 19.6. The number of benzene rings is 2. The lowest BCUT2D eigenvalue weighted by molar-refractivity contribution is 0.0182. The number of hydrogen-bond acceptors (Lipinski definition) is 6. The van der Waals surface area contributed by atoms with E-state index in [1.165, 1.54) is 0 Å². The summed E-state index contributed by atoms with van der Waals surface area (Å²) in [6.45, 7) is 7.51. The molecule has 0 unspecified atom stereocenters. The molecule has 0 atom stereocenters. The van der Waals surface area contributed by atoms with Crippen molar-refractivity contribution in [3.63, 3.8) is 0 Å². The van der Waals surface area contributed by atoms with E-state index >= 15 is 0 Å². The lowest BCUT2D eigenvalue weighted by Crippen LogP contribution is -2.42. The molecule has 4 rings (SSSR count). The number of ether oxygens (including phenoxy) is 1. The number of nitrogens with zero attached hydrogens (tertiary/aromatic N) is 3. The third kappa shape index (κ3) is 4.67. The molecule has 2 N–H and O–H groups in total. The van der Waals surface area contributed by atoms with E-state index in [4.69, 9.17) is 4.74 Å². The second-order valence-corrected chi connectivity index (χ2v) is 11.2. The summed E-state index contributed by atoms with van der Waals surface area (Å²) in [4.78, 5) is 14.1. The number of para-hydroxylation sites is 3. The highest BCUT2D eigenvalue weighted by molar-refractivity contribution is 8.27. The number of amides is 1. The maximum Gasteiger partial charge on any atom is 0.410 e. The van der Waals surface area contributed by atoms with Crippen LogP contribution in [0, 0.1) is 5.92 Å². The van der Waals surface area contributed by atoms with Crippen LogP contribution in [0.1, 0.15) is 40.0 Å². The van der Waals surface area contributed by atoms with Gasteiger partial charge in [-0.05, 0) is 81.2 Å². The van der Waals surface area contributed by atoms with Crippen LogP contribution in [0.5, 0.6) is 0 Å². The van der Waals surface area contributed by atoms with Crippen LogP contribution < -0.4 is 8.61 Å². The minimum Gasteiger partial charge on any atom is -0.444 e. The van der Waals surface area contributed by atoms with E-state index < -0.39 is 16.6 Å². The highest BCUT2D eigenvalue weighted by atomic mass is 32.3. The Labute approximate surface area is 192 Å². The van der Waals surface area contributed by atoms with Gasteiger partial charge in [0.2, 0.25) is 0 Å². The van der Waals surface area contributed by atoms with Gasteiger partial charge in [0.1, 0.15) is 5.60 Å². The molecular weight excluding hydrogens is 426 g/mol. The van der Waals surface area contributed by atoms with Gasteiger partial charge < -0.3 is 9.64 Å². The highest BCUT2D eigenvalue weighted by Crippen LogP contribution is 2.64. The van der Waals surface area contributed by atoms with Crippen molar-refractivity contribution >= 4 is 34.1 Å². The van der Waals surface area contributed by atoms with Crippen molar-refractivity contribution in [2.75, 3.05) is 28.2 Å². The quantitative estimate of drug-likeness (QED) is 0.562. The van der Waals surface area contributed by atoms with E-state index in [1.54, 1.807) is 13.5 Å². The summed E-state index contributed by atoms with van der Waals surface area (Å²) in [5, 5.41) is 0. The maximum absolute atomic E-state index is 12.3. The fraction of sp³-hybridized carbons (Fsp3) is 0.458. The first-order valence-electron chi connectivity index (χ1n) is 11.1. The molecule has 0 radical (unpaired) electrons. The first-order chi connectivity index (χ1) is 15.2. The van der Waals surface area contributed by atoms with E-state index in [-0.39, 0.29) is 6.09 Å². The lowest BCUT2D eigenvalue weighted by Gasteiger charge is -2.44. The van der Waals surface area contributed by atoms with Gasteiger partial charge in [0.25, 0.3) is 0 Å². The summed E-state index contributed by atoms with van der Waals surface area (Å²) in [5.74, 6) is 0.418. The molecule has 8 heteroatoms. The first kappa shape index (κ1) is 22.8. The number of fused-ring (bicyclic) bond motifs is 1. The summed E-state index contributed by atoms with van der Waals surface area (Å²) >= 11 is 0. The Bertz CT molecular complexity index is 940. The average Bonchev–Trinajstić information content (AvgIpc) is 2.97. The molecule has 2 aliphatic heterocycles. The van der Waals surface area contributed by atoms with Gasteiger partial charge in [-0.2, -0.15) is 0 Å². The number of carbonyl (C=O) groups is 1. The van der Waals surface area contributed by atoms with Gasteiger partial charge in [0.05, 0.1) is 17.1 Å². The van der Waals surface area contributed by atoms with E-state index in [9.17, 15) is 13.9 Å². The number of hydrogen-bond donors (Lipinski definition) is 2. The fourth-order valence-corrected chi connectivity index (χ4v) is 6.12. The van der Waals surface area contributed by atoms with E-state index in [2.05, 4.69) is 0 Å². The van der Waals surface area contributed by atoms with Gasteiger partial charge in [0, 0.05) is 19.6 Å². The van der Waals surface area contributed by atoms with Gasteiger partial charge in [-0.1, -0.05) is 30.3 Å². The summed E-state index contributed by atoms with van der Waals surface area (Å²) < 4.78 is 31.4. The van der Waals surface area contributed by atoms with Crippen LogP contribution in [0.4, 0.5) is 21.9 Å². The molecule has 1 fully saturated rings. The predicted molar refractivity (Wildman–Crippen MR) is 130 cm³/mol. The number of anilines is 3. The molecule has 2 aliphatic rings. The third-order valence-electron chi connectivity index (χ3n) is 5.91. The Morgan fingerprint density at radius 1 is 1.00 bits per heavy atom. The maximum atomic E-state index is 12.3. The number of likely N-dealkylation sites (tertiary alicyclic amines) is 1. The van der Waals surface area contributed by atoms with Gasteiger partial charge in [-0.3, -0.25) is 13.4 Å². The molecule has 1 amide bonds. The van der Waals surface area contributed by atoms with Gasteiger partial charge in [-0.15, -0.1) is 0 Å². The Morgan fingerprint density at radius 3 is 2.22 bits per heavy atom. The molecular formula is C24H33N3O4S. The molecule has 2 heterocycles. The summed E-state index contributed by atoms with van der Waals surface area (Å²) in [7, 11) is -3.20. The largest absolute Gasteiger partial charge is 0.444 e. The molecule has 2 aromatic rings. The zero-order valence-corrected chi connectivity index (χ0v) is 19.8.